The van der Waals surface area contributed by atoms with Crippen molar-refractivity contribution in [3.05, 3.63) is 53.6 Å². The number of sulfonamides is 1. The first-order valence-electron chi connectivity index (χ1n) is 9.07. The largest absolute Gasteiger partial charge is 0.481 e. The number of rotatable bonds is 10. The first-order valence-corrected chi connectivity index (χ1v) is 12.3. The van der Waals surface area contributed by atoms with E-state index in [2.05, 4.69) is 5.32 Å². The molecule has 29 heavy (non-hydrogen) atoms. The topological polar surface area (TPSA) is 75.7 Å². The summed E-state index contributed by atoms with van der Waals surface area (Å²) in [6.07, 6.45) is 1.04. The minimum Gasteiger partial charge on any atom is -0.481 e. The molecule has 158 valence electrons. The quantitative estimate of drug-likeness (QED) is 0.434. The summed E-state index contributed by atoms with van der Waals surface area (Å²) in [6.45, 7) is 2.39. The third-order valence-corrected chi connectivity index (χ3v) is 6.59. The van der Waals surface area contributed by atoms with Crippen molar-refractivity contribution in [2.75, 3.05) is 29.9 Å². The van der Waals surface area contributed by atoms with E-state index < -0.39 is 16.1 Å². The molecule has 9 heteroatoms. The Kier molecular flexibility index (Phi) is 8.67. The molecule has 0 aliphatic carbocycles. The molecule has 0 saturated heterocycles. The lowest BCUT2D eigenvalue weighted by molar-refractivity contribution is -0.127. The van der Waals surface area contributed by atoms with E-state index in [0.717, 1.165) is 16.9 Å². The lowest BCUT2D eigenvalue weighted by atomic mass is 10.2. The van der Waals surface area contributed by atoms with E-state index >= 15 is 0 Å². The zero-order valence-corrected chi connectivity index (χ0v) is 19.0. The second-order valence-electron chi connectivity index (χ2n) is 6.33. The van der Waals surface area contributed by atoms with Crippen LogP contribution in [0.15, 0.2) is 53.4 Å². The summed E-state index contributed by atoms with van der Waals surface area (Å²) in [6, 6.07) is 14.2. The van der Waals surface area contributed by atoms with Gasteiger partial charge in [0.05, 0.1) is 11.9 Å². The van der Waals surface area contributed by atoms with Crippen LogP contribution in [0.5, 0.6) is 5.75 Å². The van der Waals surface area contributed by atoms with Gasteiger partial charge in [0.15, 0.2) is 6.10 Å². The van der Waals surface area contributed by atoms with Crippen LogP contribution in [0.25, 0.3) is 0 Å². The van der Waals surface area contributed by atoms with Crippen LogP contribution < -0.4 is 14.4 Å². The normalized spacial score (nSPS) is 12.3. The number of nitrogens with zero attached hydrogens (tertiary/aromatic N) is 1. The predicted molar refractivity (Wildman–Crippen MR) is 120 cm³/mol. The number of carbonyl (C=O) groups is 1. The number of hydrogen-bond acceptors (Lipinski definition) is 5. The Balaban J connectivity index is 1.83. The number of nitrogens with one attached hydrogen (secondary N) is 1. The molecule has 0 saturated carbocycles. The maximum atomic E-state index is 12.4. The smallest absolute Gasteiger partial charge is 0.261 e. The lowest BCUT2D eigenvalue weighted by Gasteiger charge is -2.19. The molecule has 1 amide bonds. The number of anilines is 1. The number of halogens is 1. The Labute approximate surface area is 181 Å². The Hall–Kier alpha value is -1.90. The fourth-order valence-corrected chi connectivity index (χ4v) is 3.80. The average molecular weight is 457 g/mol. The van der Waals surface area contributed by atoms with Crippen LogP contribution in [-0.2, 0) is 14.8 Å². The Morgan fingerprint density at radius 1 is 1.17 bits per heavy atom. The summed E-state index contributed by atoms with van der Waals surface area (Å²) >= 11 is 7.50. The van der Waals surface area contributed by atoms with E-state index in [9.17, 15) is 13.2 Å². The molecule has 6 nitrogen and oxygen atoms in total. The number of carbonyl (C=O) groups excluding carboxylic acids is 1. The minimum atomic E-state index is -3.33. The number of amides is 1. The zero-order valence-electron chi connectivity index (χ0n) is 16.6. The molecule has 2 aromatic carbocycles. The van der Waals surface area contributed by atoms with E-state index in [1.165, 1.54) is 11.4 Å². The Morgan fingerprint density at radius 2 is 1.79 bits per heavy atom. The second-order valence-corrected chi connectivity index (χ2v) is 9.95. The van der Waals surface area contributed by atoms with Gasteiger partial charge in [-0.3, -0.25) is 9.10 Å². The highest BCUT2D eigenvalue weighted by molar-refractivity contribution is 7.99. The van der Waals surface area contributed by atoms with Gasteiger partial charge in [-0.05, 0) is 55.0 Å². The Morgan fingerprint density at radius 3 is 2.34 bits per heavy atom. The van der Waals surface area contributed by atoms with Crippen LogP contribution >= 0.6 is 23.4 Å². The van der Waals surface area contributed by atoms with Crippen molar-refractivity contribution < 1.29 is 17.9 Å². The lowest BCUT2D eigenvalue weighted by Crippen LogP contribution is -2.39. The monoisotopic (exact) mass is 456 g/mol. The number of thioether (sulfide) groups is 1. The van der Waals surface area contributed by atoms with Gasteiger partial charge in [-0.15, -0.1) is 11.8 Å². The van der Waals surface area contributed by atoms with Crippen LogP contribution in [0, 0.1) is 0 Å². The summed E-state index contributed by atoms with van der Waals surface area (Å²) in [5, 5.41) is 3.58. The fraction of sp³-hybridized carbons (Fsp3) is 0.350. The predicted octanol–water partition coefficient (Wildman–Crippen LogP) is 3.80. The van der Waals surface area contributed by atoms with Gasteiger partial charge < -0.3 is 10.1 Å². The van der Waals surface area contributed by atoms with Gasteiger partial charge in [0.1, 0.15) is 5.75 Å². The van der Waals surface area contributed by atoms with Crippen molar-refractivity contribution in [2.24, 2.45) is 0 Å². The molecule has 0 radical (unpaired) electrons. The van der Waals surface area contributed by atoms with Gasteiger partial charge >= 0.3 is 0 Å². The van der Waals surface area contributed by atoms with E-state index in [4.69, 9.17) is 16.3 Å². The molecule has 0 bridgehead atoms. The van der Waals surface area contributed by atoms with Crippen LogP contribution in [0.4, 0.5) is 5.69 Å². The highest BCUT2D eigenvalue weighted by Crippen LogP contribution is 2.22. The Bertz CT molecular complexity index is 903. The SMILES string of the molecule is CC[C@@H](Oc1ccc(N(C)S(C)(=O)=O)cc1)C(=O)NCCSc1ccc(Cl)cc1. The van der Waals surface area contributed by atoms with Crippen molar-refractivity contribution >= 4 is 45.0 Å². The molecule has 0 aromatic heterocycles. The standard InChI is InChI=1S/C20H25ClN2O4S2/c1-4-19(20(24)22-13-14-28-18-11-5-15(21)6-12-18)27-17-9-7-16(8-10-17)23(2)29(3,25)26/h5-12,19H,4,13-14H2,1-3H3,(H,22,24)/t19-/m1/s1. The molecule has 1 atom stereocenters. The molecule has 0 heterocycles. The molecule has 2 aromatic rings. The van der Waals surface area contributed by atoms with Crippen LogP contribution in [-0.4, -0.2) is 46.0 Å². The van der Waals surface area contributed by atoms with Gasteiger partial charge in [-0.1, -0.05) is 18.5 Å². The highest BCUT2D eigenvalue weighted by Gasteiger charge is 2.18. The summed E-state index contributed by atoms with van der Waals surface area (Å²) < 4.78 is 30.1. The maximum Gasteiger partial charge on any atom is 0.261 e. The molecule has 0 unspecified atom stereocenters. The van der Waals surface area contributed by atoms with Crippen LogP contribution in [0.3, 0.4) is 0 Å². The summed E-state index contributed by atoms with van der Waals surface area (Å²) in [5.41, 5.74) is 0.525. The maximum absolute atomic E-state index is 12.4. The molecular weight excluding hydrogens is 432 g/mol. The third-order valence-electron chi connectivity index (χ3n) is 4.12. The first-order chi connectivity index (χ1) is 13.7. The van der Waals surface area contributed by atoms with Gasteiger partial charge in [0.25, 0.3) is 5.91 Å². The molecule has 0 aliphatic rings. The molecule has 0 fully saturated rings. The van der Waals surface area contributed by atoms with Gasteiger partial charge in [0.2, 0.25) is 10.0 Å². The van der Waals surface area contributed by atoms with Crippen molar-refractivity contribution in [3.63, 3.8) is 0 Å². The summed E-state index contributed by atoms with van der Waals surface area (Å²) in [7, 11) is -1.84. The van der Waals surface area contributed by atoms with Crippen molar-refractivity contribution in [2.45, 2.75) is 24.3 Å². The van der Waals surface area contributed by atoms with Gasteiger partial charge in [-0.2, -0.15) is 0 Å². The average Bonchev–Trinajstić information content (AvgIpc) is 2.69. The fourth-order valence-electron chi connectivity index (χ4n) is 2.40. The zero-order chi connectivity index (χ0) is 21.4. The first kappa shape index (κ1) is 23.4. The molecular formula is C20H25ClN2O4S2. The highest BCUT2D eigenvalue weighted by atomic mass is 35.5. The van der Waals surface area contributed by atoms with E-state index in [1.54, 1.807) is 36.0 Å². The van der Waals surface area contributed by atoms with Crippen molar-refractivity contribution in [3.8, 4) is 5.75 Å². The van der Waals surface area contributed by atoms with Gasteiger partial charge in [0, 0.05) is 29.3 Å². The van der Waals surface area contributed by atoms with Crippen LogP contribution in [0.1, 0.15) is 13.3 Å². The van der Waals surface area contributed by atoms with E-state index in [0.29, 0.717) is 29.4 Å². The summed E-state index contributed by atoms with van der Waals surface area (Å²) in [4.78, 5) is 13.5. The second kappa shape index (κ2) is 10.8. The van der Waals surface area contributed by atoms with Crippen molar-refractivity contribution in [1.29, 1.82) is 0 Å². The number of benzene rings is 2. The third kappa shape index (κ3) is 7.45. The van der Waals surface area contributed by atoms with E-state index in [-0.39, 0.29) is 5.91 Å². The molecule has 0 aliphatic heterocycles. The summed E-state index contributed by atoms with van der Waals surface area (Å²) in [5.74, 6) is 1.06. The number of hydrogen-bond donors (Lipinski definition) is 1. The van der Waals surface area contributed by atoms with Crippen molar-refractivity contribution in [1.82, 2.24) is 5.32 Å². The minimum absolute atomic E-state index is 0.179. The molecule has 0 spiro atoms. The van der Waals surface area contributed by atoms with E-state index in [1.807, 2.05) is 31.2 Å². The van der Waals surface area contributed by atoms with Crippen LogP contribution in [0.2, 0.25) is 5.02 Å². The molecule has 2 rings (SSSR count). The number of ether oxygens (including phenoxy) is 1. The van der Waals surface area contributed by atoms with Gasteiger partial charge in [-0.25, -0.2) is 8.42 Å². The molecule has 1 N–H and O–H groups in total.